The SMILES string of the molecule is C=C(C)[C@@H]1CC[C@]2(NCCN3CCN(CCCC)CC3)CC[C@]3(C)[C@H](CC[C@@H]4[C@@]5(C)CC=C(c6ccc(OC=O)cc6)C(C)(C)[C@@H]5CC[C@]43C)[C@@H]12. The number of benzene rings is 1. The molecule has 9 atom stereocenters. The van der Waals surface area contributed by atoms with E-state index in [1.165, 1.54) is 127 Å². The summed E-state index contributed by atoms with van der Waals surface area (Å²) in [6, 6.07) is 8.21. The predicted octanol–water partition coefficient (Wildman–Crippen LogP) is 9.63. The van der Waals surface area contributed by atoms with Gasteiger partial charge in [-0.15, -0.1) is 0 Å². The zero-order valence-corrected chi connectivity index (χ0v) is 33.5. The van der Waals surface area contributed by atoms with Crippen LogP contribution >= 0.6 is 0 Å². The van der Waals surface area contributed by atoms with E-state index in [4.69, 9.17) is 4.74 Å². The van der Waals surface area contributed by atoms with Gasteiger partial charge in [0.1, 0.15) is 5.75 Å². The second-order valence-corrected chi connectivity index (χ2v) is 19.6. The van der Waals surface area contributed by atoms with Crippen LogP contribution in [0.5, 0.6) is 5.75 Å². The molecule has 1 aromatic rings. The van der Waals surface area contributed by atoms with E-state index in [1.807, 2.05) is 12.1 Å². The van der Waals surface area contributed by atoms with Crippen LogP contribution < -0.4 is 10.1 Å². The molecule has 1 aromatic carbocycles. The molecule has 5 fully saturated rings. The van der Waals surface area contributed by atoms with E-state index in [0.29, 0.717) is 46.2 Å². The molecular weight excluding hydrogens is 627 g/mol. The first-order valence-electron chi connectivity index (χ1n) is 21.1. The van der Waals surface area contributed by atoms with Crippen LogP contribution in [0, 0.1) is 51.2 Å². The van der Waals surface area contributed by atoms with Crippen molar-refractivity contribution < 1.29 is 9.53 Å². The highest BCUT2D eigenvalue weighted by molar-refractivity contribution is 5.72. The zero-order valence-electron chi connectivity index (χ0n) is 33.5. The van der Waals surface area contributed by atoms with Crippen molar-refractivity contribution in [1.82, 2.24) is 15.1 Å². The molecule has 1 aliphatic heterocycles. The van der Waals surface area contributed by atoms with E-state index in [2.05, 4.69) is 88.4 Å². The van der Waals surface area contributed by atoms with Gasteiger partial charge in [-0.05, 0) is 152 Å². The summed E-state index contributed by atoms with van der Waals surface area (Å²) >= 11 is 0. The van der Waals surface area contributed by atoms with Gasteiger partial charge in [-0.1, -0.05) is 78.3 Å². The molecule has 5 heteroatoms. The lowest BCUT2D eigenvalue weighted by molar-refractivity contribution is -0.219. The molecule has 7 rings (SSSR count). The van der Waals surface area contributed by atoms with Crippen molar-refractivity contribution in [3.8, 4) is 5.75 Å². The summed E-state index contributed by atoms with van der Waals surface area (Å²) in [6.07, 6.45) is 17.2. The second-order valence-electron chi connectivity index (χ2n) is 19.6. The third kappa shape index (κ3) is 6.12. The van der Waals surface area contributed by atoms with Gasteiger partial charge in [-0.2, -0.15) is 0 Å². The summed E-state index contributed by atoms with van der Waals surface area (Å²) in [6.45, 7) is 31.7. The number of rotatable bonds is 11. The van der Waals surface area contributed by atoms with Gasteiger partial charge in [0.15, 0.2) is 0 Å². The summed E-state index contributed by atoms with van der Waals surface area (Å²) in [5, 5.41) is 4.37. The van der Waals surface area contributed by atoms with Gasteiger partial charge in [0.05, 0.1) is 0 Å². The highest BCUT2D eigenvalue weighted by Crippen LogP contribution is 2.76. The number of allylic oxidation sites excluding steroid dienone is 3. The lowest BCUT2D eigenvalue weighted by Gasteiger charge is -2.72. The number of hydrogen-bond acceptors (Lipinski definition) is 5. The van der Waals surface area contributed by atoms with Gasteiger partial charge in [0.25, 0.3) is 6.47 Å². The molecule has 1 N–H and O–H groups in total. The number of piperazine rings is 1. The average Bonchev–Trinajstić information content (AvgIpc) is 3.49. The summed E-state index contributed by atoms with van der Waals surface area (Å²) in [7, 11) is 0. The van der Waals surface area contributed by atoms with E-state index in [9.17, 15) is 4.79 Å². The van der Waals surface area contributed by atoms with Crippen LogP contribution in [0.1, 0.15) is 125 Å². The molecule has 6 aliphatic rings. The summed E-state index contributed by atoms with van der Waals surface area (Å²) in [5.74, 6) is 4.14. The van der Waals surface area contributed by atoms with E-state index in [-0.39, 0.29) is 11.0 Å². The molecule has 0 aromatic heterocycles. The van der Waals surface area contributed by atoms with Gasteiger partial charge in [0.2, 0.25) is 0 Å². The Hall–Kier alpha value is -1.95. The smallest absolute Gasteiger partial charge is 0.298 e. The predicted molar refractivity (Wildman–Crippen MR) is 212 cm³/mol. The van der Waals surface area contributed by atoms with Crippen molar-refractivity contribution in [3.05, 3.63) is 48.1 Å². The largest absolute Gasteiger partial charge is 0.429 e. The lowest BCUT2D eigenvalue weighted by Crippen LogP contribution is -2.68. The van der Waals surface area contributed by atoms with Crippen LogP contribution in [0.3, 0.4) is 0 Å². The molecule has 5 aliphatic carbocycles. The summed E-state index contributed by atoms with van der Waals surface area (Å²) in [5.41, 5.74) is 5.57. The number of unbranched alkanes of at least 4 members (excludes halogenated alkanes) is 1. The standard InChI is InChI=1S/C46H71N3O2/c1-9-10-26-48-28-30-49(31-29-48)27-25-47-46-22-17-36(33(2)3)41(46)38-15-16-40-43(6)20-18-37(34-11-13-35(14-12-34)51-32-50)42(4,5)39(43)19-21-45(40,8)44(38,7)23-24-46/h11-14,18,32,36,38-41,47H,2,9-10,15-17,19-31H2,1,3-8H3/t36-,38+,39-,40+,41+,43-,44+,45+,46-/m0/s1. The van der Waals surface area contributed by atoms with Crippen molar-refractivity contribution in [1.29, 1.82) is 0 Å². The van der Waals surface area contributed by atoms with E-state index < -0.39 is 0 Å². The highest BCUT2D eigenvalue weighted by Gasteiger charge is 2.70. The molecule has 4 saturated carbocycles. The van der Waals surface area contributed by atoms with Crippen molar-refractivity contribution in [2.75, 3.05) is 45.8 Å². The molecule has 0 unspecified atom stereocenters. The fraction of sp³-hybridized carbons (Fsp3) is 0.761. The molecular formula is C46H71N3O2. The molecule has 282 valence electrons. The summed E-state index contributed by atoms with van der Waals surface area (Å²) < 4.78 is 5.12. The highest BCUT2D eigenvalue weighted by atomic mass is 16.5. The number of fused-ring (bicyclic) bond motifs is 7. The monoisotopic (exact) mass is 698 g/mol. The minimum absolute atomic E-state index is 0.0867. The first-order chi connectivity index (χ1) is 24.3. The normalized spacial score (nSPS) is 40.7. The number of nitrogens with zero attached hydrogens (tertiary/aromatic N) is 2. The number of hydrogen-bond donors (Lipinski definition) is 1. The Bertz CT molecular complexity index is 1460. The van der Waals surface area contributed by atoms with Crippen molar-refractivity contribution in [2.24, 2.45) is 51.2 Å². The molecule has 0 spiro atoms. The van der Waals surface area contributed by atoms with Gasteiger partial charge in [-0.3, -0.25) is 9.69 Å². The maximum Gasteiger partial charge on any atom is 0.298 e. The van der Waals surface area contributed by atoms with Crippen LogP contribution in [-0.4, -0.2) is 67.6 Å². The number of ether oxygens (including phenoxy) is 1. The third-order valence-electron chi connectivity index (χ3n) is 17.2. The van der Waals surface area contributed by atoms with Crippen molar-refractivity contribution in [2.45, 2.75) is 125 Å². The second kappa shape index (κ2) is 14.0. The Morgan fingerprint density at radius 1 is 0.882 bits per heavy atom. The van der Waals surface area contributed by atoms with Gasteiger partial charge < -0.3 is 15.0 Å². The molecule has 0 amide bonds. The number of carbonyl (C=O) groups excluding carboxylic acids is 1. The Kier molecular flexibility index (Phi) is 10.3. The molecule has 0 radical (unpaired) electrons. The van der Waals surface area contributed by atoms with Gasteiger partial charge in [0, 0.05) is 44.8 Å². The molecule has 5 nitrogen and oxygen atoms in total. The van der Waals surface area contributed by atoms with E-state index in [0.717, 1.165) is 18.4 Å². The number of nitrogens with one attached hydrogen (secondary N) is 1. The van der Waals surface area contributed by atoms with Crippen LogP contribution in [0.15, 0.2) is 42.5 Å². The first-order valence-corrected chi connectivity index (χ1v) is 21.1. The average molecular weight is 698 g/mol. The van der Waals surface area contributed by atoms with Crippen LogP contribution in [-0.2, 0) is 4.79 Å². The third-order valence-corrected chi connectivity index (χ3v) is 17.2. The zero-order chi connectivity index (χ0) is 36.2. The molecule has 1 heterocycles. The lowest BCUT2D eigenvalue weighted by atomic mass is 9.33. The van der Waals surface area contributed by atoms with Crippen LogP contribution in [0.4, 0.5) is 0 Å². The van der Waals surface area contributed by atoms with Crippen molar-refractivity contribution >= 4 is 12.0 Å². The van der Waals surface area contributed by atoms with Crippen LogP contribution in [0.2, 0.25) is 0 Å². The van der Waals surface area contributed by atoms with Gasteiger partial charge in [-0.25, -0.2) is 0 Å². The van der Waals surface area contributed by atoms with Crippen LogP contribution in [0.25, 0.3) is 5.57 Å². The quantitative estimate of drug-likeness (QED) is 0.184. The minimum Gasteiger partial charge on any atom is -0.429 e. The molecule has 51 heavy (non-hydrogen) atoms. The molecule has 0 bridgehead atoms. The van der Waals surface area contributed by atoms with E-state index >= 15 is 0 Å². The Balaban J connectivity index is 1.10. The number of carbonyl (C=O) groups is 1. The fourth-order valence-corrected chi connectivity index (χ4v) is 14.4. The Morgan fingerprint density at radius 2 is 1.59 bits per heavy atom. The Morgan fingerprint density at radius 3 is 2.25 bits per heavy atom. The fourth-order valence-electron chi connectivity index (χ4n) is 14.4. The van der Waals surface area contributed by atoms with Crippen molar-refractivity contribution in [3.63, 3.8) is 0 Å². The van der Waals surface area contributed by atoms with E-state index in [1.54, 1.807) is 0 Å². The maximum absolute atomic E-state index is 10.9. The minimum atomic E-state index is 0.0867. The topological polar surface area (TPSA) is 44.8 Å². The molecule has 1 saturated heterocycles. The Labute approximate surface area is 311 Å². The maximum atomic E-state index is 10.9. The summed E-state index contributed by atoms with van der Waals surface area (Å²) in [4.78, 5) is 16.3. The first kappa shape index (κ1) is 37.4. The van der Waals surface area contributed by atoms with Gasteiger partial charge >= 0.3 is 0 Å².